The van der Waals surface area contributed by atoms with Gasteiger partial charge >= 0.3 is 0 Å². The Bertz CT molecular complexity index is 897. The summed E-state index contributed by atoms with van der Waals surface area (Å²) in [4.78, 5) is 16.6. The lowest BCUT2D eigenvalue weighted by Crippen LogP contribution is -2.27. The van der Waals surface area contributed by atoms with Crippen LogP contribution in [0.15, 0.2) is 30.9 Å². The third-order valence-corrected chi connectivity index (χ3v) is 4.37. The van der Waals surface area contributed by atoms with Crippen molar-refractivity contribution in [2.24, 2.45) is 0 Å². The normalized spacial score (nSPS) is 20.1. The van der Waals surface area contributed by atoms with Crippen LogP contribution in [-0.2, 0) is 17.7 Å². The molecule has 0 saturated heterocycles. The molecule has 0 aliphatic carbocycles. The molecule has 0 bridgehead atoms. The summed E-state index contributed by atoms with van der Waals surface area (Å²) in [6.45, 7) is 4.42. The summed E-state index contributed by atoms with van der Waals surface area (Å²) in [6.07, 6.45) is 6.21. The maximum absolute atomic E-state index is 12.5. The molecule has 0 fully saturated rings. The number of hydrogen-bond donors (Lipinski definition) is 2. The van der Waals surface area contributed by atoms with Crippen LogP contribution >= 0.6 is 0 Å². The third kappa shape index (κ3) is 2.56. The predicted octanol–water partition coefficient (Wildman–Crippen LogP) is 2.01. The summed E-state index contributed by atoms with van der Waals surface area (Å²) < 4.78 is 7.69. The van der Waals surface area contributed by atoms with Crippen LogP contribution in [0, 0.1) is 0 Å². The minimum Gasteiger partial charge on any atom is -0.369 e. The Morgan fingerprint density at radius 3 is 3.21 bits per heavy atom. The smallest absolute Gasteiger partial charge is 0.272 e. The lowest BCUT2D eigenvalue weighted by Gasteiger charge is -2.25. The number of nitrogens with zero attached hydrogens (tertiary/aromatic N) is 3. The van der Waals surface area contributed by atoms with Crippen molar-refractivity contribution in [2.75, 3.05) is 0 Å². The fourth-order valence-electron chi connectivity index (χ4n) is 3.20. The summed E-state index contributed by atoms with van der Waals surface area (Å²) in [5, 5.41) is 10.1. The number of nitrogens with one attached hydrogen (secondary N) is 2. The molecule has 24 heavy (non-hydrogen) atoms. The third-order valence-electron chi connectivity index (χ3n) is 4.37. The van der Waals surface area contributed by atoms with E-state index >= 15 is 0 Å². The zero-order chi connectivity index (χ0) is 16.7. The number of hydrogen-bond acceptors (Lipinski definition) is 4. The number of carbonyl (C=O) groups is 1. The van der Waals surface area contributed by atoms with Crippen LogP contribution in [0.4, 0.5) is 0 Å². The molecule has 2 N–H and O–H groups in total. The van der Waals surface area contributed by atoms with Gasteiger partial charge in [0.2, 0.25) is 0 Å². The van der Waals surface area contributed by atoms with Gasteiger partial charge in [-0.3, -0.25) is 9.89 Å². The molecule has 0 spiro atoms. The molecule has 0 saturated carbocycles. The number of rotatable bonds is 3. The van der Waals surface area contributed by atoms with Gasteiger partial charge < -0.3 is 14.5 Å². The van der Waals surface area contributed by atoms with E-state index in [2.05, 4.69) is 20.5 Å². The van der Waals surface area contributed by atoms with Crippen molar-refractivity contribution in [1.29, 1.82) is 0 Å². The fourth-order valence-corrected chi connectivity index (χ4v) is 3.20. The largest absolute Gasteiger partial charge is 0.369 e. The highest BCUT2D eigenvalue weighted by atomic mass is 16.5. The first-order chi connectivity index (χ1) is 11.6. The molecule has 7 heteroatoms. The van der Waals surface area contributed by atoms with E-state index in [-0.39, 0.29) is 18.1 Å². The SMILES string of the molecule is C[C@@H]1Cc2c(C(=O)NCc3ccc4cncn4c3)n[nH]c2[C@H](C)O1. The van der Waals surface area contributed by atoms with Crippen LogP contribution in [0.1, 0.15) is 47.3 Å². The molecule has 2 atom stereocenters. The molecule has 3 aromatic rings. The van der Waals surface area contributed by atoms with Crippen molar-refractivity contribution < 1.29 is 9.53 Å². The first kappa shape index (κ1) is 14.9. The van der Waals surface area contributed by atoms with Crippen molar-refractivity contribution in [1.82, 2.24) is 24.9 Å². The Labute approximate surface area is 139 Å². The first-order valence-electron chi connectivity index (χ1n) is 8.03. The van der Waals surface area contributed by atoms with Crippen LogP contribution in [0.3, 0.4) is 0 Å². The minimum atomic E-state index is -0.167. The Morgan fingerprint density at radius 2 is 2.33 bits per heavy atom. The Kier molecular flexibility index (Phi) is 3.57. The maximum Gasteiger partial charge on any atom is 0.272 e. The number of ether oxygens (including phenoxy) is 1. The van der Waals surface area contributed by atoms with Gasteiger partial charge in [0.15, 0.2) is 5.69 Å². The number of aromatic amines is 1. The van der Waals surface area contributed by atoms with Crippen molar-refractivity contribution in [3.63, 3.8) is 0 Å². The lowest BCUT2D eigenvalue weighted by molar-refractivity contribution is -0.00697. The molecule has 3 aromatic heterocycles. The summed E-state index contributed by atoms with van der Waals surface area (Å²) in [5.41, 5.74) is 4.36. The van der Waals surface area contributed by atoms with E-state index in [1.807, 2.05) is 36.6 Å². The lowest BCUT2D eigenvalue weighted by atomic mass is 9.99. The number of pyridine rings is 1. The van der Waals surface area contributed by atoms with Gasteiger partial charge in [-0.25, -0.2) is 4.98 Å². The minimum absolute atomic E-state index is 0.0681. The van der Waals surface area contributed by atoms with Gasteiger partial charge in [-0.1, -0.05) is 6.07 Å². The highest BCUT2D eigenvalue weighted by Gasteiger charge is 2.29. The summed E-state index contributed by atoms with van der Waals surface area (Å²) in [7, 11) is 0. The molecule has 4 heterocycles. The van der Waals surface area contributed by atoms with Gasteiger partial charge in [0.25, 0.3) is 5.91 Å². The van der Waals surface area contributed by atoms with E-state index in [1.54, 1.807) is 12.5 Å². The van der Waals surface area contributed by atoms with Gasteiger partial charge in [0.1, 0.15) is 0 Å². The van der Waals surface area contributed by atoms with Crippen LogP contribution in [0.25, 0.3) is 5.52 Å². The molecule has 1 aliphatic rings. The molecule has 0 aromatic carbocycles. The quantitative estimate of drug-likeness (QED) is 0.771. The maximum atomic E-state index is 12.5. The Hall–Kier alpha value is -2.67. The van der Waals surface area contributed by atoms with E-state index in [9.17, 15) is 4.79 Å². The zero-order valence-corrected chi connectivity index (χ0v) is 13.6. The fraction of sp³-hybridized carbons (Fsp3) is 0.353. The summed E-state index contributed by atoms with van der Waals surface area (Å²) in [5.74, 6) is -0.167. The number of amides is 1. The standard InChI is InChI=1S/C17H19N5O2/c1-10-5-14-15(11(2)24-10)20-21-16(14)17(23)19-6-12-3-4-13-7-18-9-22(13)8-12/h3-4,7-11H,5-6H2,1-2H3,(H,19,23)(H,20,21)/t10-,11+/m1/s1. The second-order valence-electron chi connectivity index (χ2n) is 6.20. The van der Waals surface area contributed by atoms with Crippen molar-refractivity contribution in [2.45, 2.75) is 39.0 Å². The Morgan fingerprint density at radius 1 is 1.46 bits per heavy atom. The van der Waals surface area contributed by atoms with E-state index in [0.717, 1.165) is 22.3 Å². The number of H-pyrrole nitrogens is 1. The molecule has 7 nitrogen and oxygen atoms in total. The van der Waals surface area contributed by atoms with Gasteiger partial charge in [-0.05, 0) is 25.5 Å². The highest BCUT2D eigenvalue weighted by molar-refractivity contribution is 5.94. The van der Waals surface area contributed by atoms with Crippen molar-refractivity contribution in [3.05, 3.63) is 53.4 Å². The van der Waals surface area contributed by atoms with Crippen LogP contribution in [-0.4, -0.2) is 31.6 Å². The molecule has 1 amide bonds. The van der Waals surface area contributed by atoms with Gasteiger partial charge in [-0.2, -0.15) is 5.10 Å². The predicted molar refractivity (Wildman–Crippen MR) is 87.6 cm³/mol. The second-order valence-corrected chi connectivity index (χ2v) is 6.20. The molecule has 124 valence electrons. The average molecular weight is 325 g/mol. The molecule has 1 aliphatic heterocycles. The van der Waals surface area contributed by atoms with E-state index < -0.39 is 0 Å². The van der Waals surface area contributed by atoms with Crippen molar-refractivity contribution >= 4 is 11.4 Å². The van der Waals surface area contributed by atoms with E-state index in [0.29, 0.717) is 18.7 Å². The van der Waals surface area contributed by atoms with Crippen molar-refractivity contribution in [3.8, 4) is 0 Å². The van der Waals surface area contributed by atoms with E-state index in [4.69, 9.17) is 4.74 Å². The molecule has 4 rings (SSSR count). The average Bonchev–Trinajstić information content (AvgIpc) is 3.18. The Balaban J connectivity index is 1.50. The highest BCUT2D eigenvalue weighted by Crippen LogP contribution is 2.30. The molecular weight excluding hydrogens is 306 g/mol. The zero-order valence-electron chi connectivity index (χ0n) is 13.6. The van der Waals surface area contributed by atoms with Gasteiger partial charge in [-0.15, -0.1) is 0 Å². The first-order valence-corrected chi connectivity index (χ1v) is 8.03. The van der Waals surface area contributed by atoms with Gasteiger partial charge in [0.05, 0.1) is 35.9 Å². The number of fused-ring (bicyclic) bond motifs is 2. The van der Waals surface area contributed by atoms with Gasteiger partial charge in [0, 0.05) is 24.7 Å². The van der Waals surface area contributed by atoms with Crippen LogP contribution < -0.4 is 5.32 Å². The van der Waals surface area contributed by atoms with E-state index in [1.165, 1.54) is 0 Å². The monoisotopic (exact) mass is 325 g/mol. The molecule has 0 radical (unpaired) electrons. The number of carbonyl (C=O) groups excluding carboxylic acids is 1. The summed E-state index contributed by atoms with van der Waals surface area (Å²) >= 11 is 0. The van der Waals surface area contributed by atoms with Crippen LogP contribution in [0.2, 0.25) is 0 Å². The summed E-state index contributed by atoms with van der Waals surface area (Å²) in [6, 6.07) is 3.96. The van der Waals surface area contributed by atoms with Crippen LogP contribution in [0.5, 0.6) is 0 Å². The second kappa shape index (κ2) is 5.76. The molecular formula is C17H19N5O2. The number of imidazole rings is 1. The molecule has 0 unspecified atom stereocenters. The number of aromatic nitrogens is 4. The topological polar surface area (TPSA) is 84.3 Å².